The Labute approximate surface area is 210 Å². The van der Waals surface area contributed by atoms with Crippen molar-refractivity contribution in [3.8, 4) is 0 Å². The summed E-state index contributed by atoms with van der Waals surface area (Å²) in [5.74, 6) is -1.28. The number of carboxylic acid groups (broad SMARTS) is 2. The molecule has 0 heterocycles. The van der Waals surface area contributed by atoms with Gasteiger partial charge in [0, 0.05) is 0 Å². The predicted octanol–water partition coefficient (Wildman–Crippen LogP) is 6.66. The molecule has 0 bridgehead atoms. The van der Waals surface area contributed by atoms with Gasteiger partial charge in [-0.25, -0.2) is 9.59 Å². The first-order valence-electron chi connectivity index (χ1n) is 12.7. The van der Waals surface area contributed by atoms with Gasteiger partial charge >= 0.3 is 11.9 Å². The topological polar surface area (TPSA) is 115 Å². The molecule has 0 aromatic heterocycles. The van der Waals surface area contributed by atoms with Crippen LogP contribution in [0.25, 0.3) is 0 Å². The number of aliphatic hydroxyl groups excluding tert-OH is 2. The van der Waals surface area contributed by atoms with Crippen LogP contribution in [0.4, 0.5) is 0 Å². The molecular weight excluding hydrogens is 444 g/mol. The normalized spacial score (nSPS) is 11.9. The molecule has 0 radical (unpaired) electrons. The molecule has 0 saturated carbocycles. The maximum absolute atomic E-state index is 10.2. The van der Waals surface area contributed by atoms with Crippen LogP contribution in [0.2, 0.25) is 0 Å². The third-order valence-electron chi connectivity index (χ3n) is 5.56. The van der Waals surface area contributed by atoms with Crippen molar-refractivity contribution in [2.75, 3.05) is 0 Å². The van der Waals surface area contributed by atoms with Gasteiger partial charge < -0.3 is 20.4 Å². The SMILES string of the molecule is CCCCC(CCCC)C(O)CCCC(C)O.O=C(O)c1ccccc1.O=C(O)c1ccccc1. The van der Waals surface area contributed by atoms with Gasteiger partial charge in [0.05, 0.1) is 23.3 Å². The van der Waals surface area contributed by atoms with Crippen molar-refractivity contribution >= 4 is 11.9 Å². The van der Waals surface area contributed by atoms with E-state index in [4.69, 9.17) is 10.2 Å². The molecule has 0 aliphatic rings. The Kier molecular flexibility index (Phi) is 19.1. The number of carboxylic acids is 2. The molecule has 0 spiro atoms. The standard InChI is InChI=1S/C15H32O2.2C7H6O2/c1-4-6-10-14(11-7-5-2)15(17)12-8-9-13(3)16;2*8-7(9)6-4-2-1-3-5-6/h13-17H,4-12H2,1-3H3;2*1-5H,(H,8,9). The fourth-order valence-electron chi connectivity index (χ4n) is 3.48. The van der Waals surface area contributed by atoms with Gasteiger partial charge in [0.2, 0.25) is 0 Å². The maximum Gasteiger partial charge on any atom is 0.335 e. The van der Waals surface area contributed by atoms with Gasteiger partial charge in [0.1, 0.15) is 0 Å². The molecular formula is C29H44O6. The Morgan fingerprint density at radius 1 is 0.657 bits per heavy atom. The number of unbranched alkanes of at least 4 members (excludes halogenated alkanes) is 2. The van der Waals surface area contributed by atoms with Crippen molar-refractivity contribution in [1.82, 2.24) is 0 Å². The summed E-state index contributed by atoms with van der Waals surface area (Å²) in [7, 11) is 0. The molecule has 2 aromatic rings. The number of hydrogen-bond donors (Lipinski definition) is 4. The number of rotatable bonds is 13. The van der Waals surface area contributed by atoms with Crippen LogP contribution >= 0.6 is 0 Å². The van der Waals surface area contributed by atoms with E-state index in [0.29, 0.717) is 17.0 Å². The van der Waals surface area contributed by atoms with Crippen molar-refractivity contribution in [2.24, 2.45) is 5.92 Å². The van der Waals surface area contributed by atoms with Crippen molar-refractivity contribution < 1.29 is 30.0 Å². The lowest BCUT2D eigenvalue weighted by Crippen LogP contribution is -2.21. The van der Waals surface area contributed by atoms with Crippen LogP contribution in [-0.2, 0) is 0 Å². The summed E-state index contributed by atoms with van der Waals surface area (Å²) in [6, 6.07) is 16.6. The van der Waals surface area contributed by atoms with Crippen molar-refractivity contribution in [3.63, 3.8) is 0 Å². The van der Waals surface area contributed by atoms with Crippen LogP contribution in [0, 0.1) is 5.92 Å². The Morgan fingerprint density at radius 3 is 1.34 bits per heavy atom. The third-order valence-corrected chi connectivity index (χ3v) is 5.56. The van der Waals surface area contributed by atoms with Gasteiger partial charge in [-0.1, -0.05) is 75.9 Å². The molecule has 0 amide bonds. The second-order valence-electron chi connectivity index (χ2n) is 8.73. The highest BCUT2D eigenvalue weighted by atomic mass is 16.4. The zero-order valence-electron chi connectivity index (χ0n) is 21.5. The van der Waals surface area contributed by atoms with E-state index in [-0.39, 0.29) is 12.2 Å². The Hall–Kier alpha value is -2.70. The van der Waals surface area contributed by atoms with E-state index in [2.05, 4.69) is 13.8 Å². The van der Waals surface area contributed by atoms with Gasteiger partial charge in [-0.3, -0.25) is 0 Å². The van der Waals surface area contributed by atoms with E-state index in [1.807, 2.05) is 6.92 Å². The van der Waals surface area contributed by atoms with Crippen LogP contribution in [0.5, 0.6) is 0 Å². The Balaban J connectivity index is 0.000000538. The molecule has 0 aliphatic carbocycles. The summed E-state index contributed by atoms with van der Waals surface area (Å²) in [6.07, 6.45) is 9.40. The first-order valence-corrected chi connectivity index (χ1v) is 12.7. The molecule has 196 valence electrons. The summed E-state index contributed by atoms with van der Waals surface area (Å²) in [5.41, 5.74) is 0.662. The maximum atomic E-state index is 10.2. The highest BCUT2D eigenvalue weighted by Gasteiger charge is 2.18. The fraction of sp³-hybridized carbons (Fsp3) is 0.517. The van der Waals surface area contributed by atoms with Gasteiger partial charge in [0.25, 0.3) is 0 Å². The summed E-state index contributed by atoms with van der Waals surface area (Å²) >= 11 is 0. The molecule has 2 unspecified atom stereocenters. The average molecular weight is 489 g/mol. The minimum atomic E-state index is -0.879. The van der Waals surface area contributed by atoms with Crippen LogP contribution < -0.4 is 0 Å². The molecule has 2 aromatic carbocycles. The quantitative estimate of drug-likeness (QED) is 0.250. The molecule has 2 atom stereocenters. The Bertz CT molecular complexity index is 719. The monoisotopic (exact) mass is 488 g/mol. The zero-order valence-corrected chi connectivity index (χ0v) is 21.5. The molecule has 2 rings (SSSR count). The first-order chi connectivity index (χ1) is 16.7. The molecule has 6 nitrogen and oxygen atoms in total. The lowest BCUT2D eigenvalue weighted by molar-refractivity contribution is 0.0686. The number of benzene rings is 2. The number of aliphatic hydroxyl groups is 2. The van der Waals surface area contributed by atoms with E-state index in [1.54, 1.807) is 60.7 Å². The summed E-state index contributed by atoms with van der Waals surface area (Å²) in [5, 5.41) is 36.2. The Morgan fingerprint density at radius 2 is 1.06 bits per heavy atom. The van der Waals surface area contributed by atoms with Crippen LogP contribution in [0.15, 0.2) is 60.7 Å². The predicted molar refractivity (Wildman–Crippen MR) is 141 cm³/mol. The van der Waals surface area contributed by atoms with E-state index < -0.39 is 11.9 Å². The fourth-order valence-corrected chi connectivity index (χ4v) is 3.48. The third kappa shape index (κ3) is 17.4. The van der Waals surface area contributed by atoms with E-state index in [9.17, 15) is 19.8 Å². The van der Waals surface area contributed by atoms with Crippen molar-refractivity contribution in [3.05, 3.63) is 71.8 Å². The van der Waals surface area contributed by atoms with Crippen LogP contribution in [-0.4, -0.2) is 44.6 Å². The lowest BCUT2D eigenvalue weighted by atomic mass is 9.88. The van der Waals surface area contributed by atoms with Gasteiger partial charge in [-0.2, -0.15) is 0 Å². The smallest absolute Gasteiger partial charge is 0.335 e. The number of aromatic carboxylic acids is 2. The lowest BCUT2D eigenvalue weighted by Gasteiger charge is -2.23. The first kappa shape index (κ1) is 32.3. The van der Waals surface area contributed by atoms with Gasteiger partial charge in [0.15, 0.2) is 0 Å². The summed E-state index contributed by atoms with van der Waals surface area (Å²) < 4.78 is 0. The van der Waals surface area contributed by atoms with Crippen LogP contribution in [0.1, 0.15) is 99.3 Å². The highest BCUT2D eigenvalue weighted by Crippen LogP contribution is 2.23. The minimum absolute atomic E-state index is 0.160. The summed E-state index contributed by atoms with van der Waals surface area (Å²) in [4.78, 5) is 20.4. The zero-order chi connectivity index (χ0) is 26.5. The molecule has 4 N–H and O–H groups in total. The summed E-state index contributed by atoms with van der Waals surface area (Å²) in [6.45, 7) is 6.23. The van der Waals surface area contributed by atoms with Gasteiger partial charge in [-0.05, 0) is 69.2 Å². The second-order valence-corrected chi connectivity index (χ2v) is 8.73. The van der Waals surface area contributed by atoms with Crippen molar-refractivity contribution in [2.45, 2.75) is 90.8 Å². The van der Waals surface area contributed by atoms with Gasteiger partial charge in [-0.15, -0.1) is 0 Å². The molecule has 0 saturated heterocycles. The largest absolute Gasteiger partial charge is 0.478 e. The second kappa shape index (κ2) is 20.7. The molecule has 0 aliphatic heterocycles. The molecule has 35 heavy (non-hydrogen) atoms. The van der Waals surface area contributed by atoms with Crippen LogP contribution in [0.3, 0.4) is 0 Å². The van der Waals surface area contributed by atoms with Crippen molar-refractivity contribution in [1.29, 1.82) is 0 Å². The number of hydrogen-bond acceptors (Lipinski definition) is 4. The average Bonchev–Trinajstić information content (AvgIpc) is 2.85. The number of carbonyl (C=O) groups is 2. The van der Waals surface area contributed by atoms with E-state index in [1.165, 1.54) is 25.7 Å². The van der Waals surface area contributed by atoms with E-state index >= 15 is 0 Å². The minimum Gasteiger partial charge on any atom is -0.478 e. The molecule has 0 fully saturated rings. The molecule has 6 heteroatoms. The van der Waals surface area contributed by atoms with E-state index in [0.717, 1.165) is 32.1 Å². The highest BCUT2D eigenvalue weighted by molar-refractivity contribution is 5.87.